The Morgan fingerprint density at radius 1 is 1.05 bits per heavy atom. The summed E-state index contributed by atoms with van der Waals surface area (Å²) >= 11 is 0. The number of ether oxygens (including phenoxy) is 1. The maximum absolute atomic E-state index is 13.9. The maximum Gasteiger partial charge on any atom is 0.270 e. The van der Waals surface area contributed by atoms with Crippen LogP contribution in [0.5, 0.6) is 5.75 Å². The van der Waals surface area contributed by atoms with Crippen molar-refractivity contribution in [3.8, 4) is 5.75 Å². The van der Waals surface area contributed by atoms with Gasteiger partial charge in [0.2, 0.25) is 0 Å². The molecule has 1 aromatic heterocycles. The fraction of sp³-hybridized carbons (Fsp3) is 0.323. The number of piperidine rings is 1. The van der Waals surface area contributed by atoms with E-state index in [1.54, 1.807) is 53.4 Å². The van der Waals surface area contributed by atoms with Crippen LogP contribution in [0, 0.1) is 11.7 Å². The van der Waals surface area contributed by atoms with E-state index in [2.05, 4.69) is 12.2 Å². The van der Waals surface area contributed by atoms with E-state index >= 15 is 0 Å². The van der Waals surface area contributed by atoms with Crippen LogP contribution in [0.15, 0.2) is 77.2 Å². The number of hydrogen-bond acceptors (Lipinski definition) is 4. The van der Waals surface area contributed by atoms with Crippen LogP contribution in [0.3, 0.4) is 0 Å². The summed E-state index contributed by atoms with van der Waals surface area (Å²) in [5.74, 6) is -0.386. The third-order valence-corrected chi connectivity index (χ3v) is 7.29. The third-order valence-electron chi connectivity index (χ3n) is 7.29. The number of aromatic nitrogens is 1. The molecule has 7 nitrogen and oxygen atoms in total. The van der Waals surface area contributed by atoms with Crippen molar-refractivity contribution < 1.29 is 18.7 Å². The van der Waals surface area contributed by atoms with Crippen molar-refractivity contribution in [2.75, 3.05) is 19.7 Å². The lowest BCUT2D eigenvalue weighted by molar-refractivity contribution is -0.130. The van der Waals surface area contributed by atoms with E-state index < -0.39 is 11.7 Å². The highest BCUT2D eigenvalue weighted by Crippen LogP contribution is 2.35. The second kappa shape index (κ2) is 11.7. The van der Waals surface area contributed by atoms with Crippen LogP contribution in [0.1, 0.15) is 53.7 Å². The molecule has 2 unspecified atom stereocenters. The highest BCUT2D eigenvalue weighted by molar-refractivity contribution is 6.05. The first-order valence-electron chi connectivity index (χ1n) is 13.4. The van der Waals surface area contributed by atoms with Crippen molar-refractivity contribution >= 4 is 17.9 Å². The molecular formula is C31H32FN3O4. The summed E-state index contributed by atoms with van der Waals surface area (Å²) in [7, 11) is 0. The number of benzene rings is 2. The van der Waals surface area contributed by atoms with Gasteiger partial charge in [0.25, 0.3) is 17.4 Å². The first-order chi connectivity index (χ1) is 18.9. The number of carbonyl (C=O) groups excluding carboxylic acids is 2. The second-order valence-electron chi connectivity index (χ2n) is 10.2. The van der Waals surface area contributed by atoms with Gasteiger partial charge in [-0.2, -0.15) is 0 Å². The number of nitrogens with zero attached hydrogens (tertiary/aromatic N) is 2. The highest BCUT2D eigenvalue weighted by Gasteiger charge is 2.37. The standard InChI is InChI=1S/C31H32FN3O4/c1-2-3-14-39-26-12-10-23(11-13-26)30(37)33-27(17-21-6-4-7-25(32)16-21)31(38)34-18-22-15-24(20-34)28-8-5-9-29(36)35(28)19-22/h4-13,16-17,22,24H,2-3,14-15,18-20H2,1H3,(H,33,37)/b27-17+. The van der Waals surface area contributed by atoms with Gasteiger partial charge in [-0.25, -0.2) is 4.39 Å². The minimum Gasteiger partial charge on any atom is -0.494 e. The van der Waals surface area contributed by atoms with Gasteiger partial charge in [-0.15, -0.1) is 0 Å². The molecule has 3 heterocycles. The van der Waals surface area contributed by atoms with E-state index in [1.165, 1.54) is 18.2 Å². The largest absolute Gasteiger partial charge is 0.494 e. The van der Waals surface area contributed by atoms with Crippen molar-refractivity contribution in [3.63, 3.8) is 0 Å². The summed E-state index contributed by atoms with van der Waals surface area (Å²) in [5, 5.41) is 2.78. The Balaban J connectivity index is 1.38. The zero-order chi connectivity index (χ0) is 27.4. The van der Waals surface area contributed by atoms with E-state index in [9.17, 15) is 18.8 Å². The molecule has 202 valence electrons. The van der Waals surface area contributed by atoms with Crippen molar-refractivity contribution in [1.82, 2.24) is 14.8 Å². The number of rotatable bonds is 8. The van der Waals surface area contributed by atoms with Gasteiger partial charge in [-0.1, -0.05) is 31.5 Å². The van der Waals surface area contributed by atoms with Crippen LogP contribution in [0.2, 0.25) is 0 Å². The summed E-state index contributed by atoms with van der Waals surface area (Å²) in [6.45, 7) is 4.14. The minimum absolute atomic E-state index is 0.0253. The average Bonchev–Trinajstić information content (AvgIpc) is 2.93. The predicted molar refractivity (Wildman–Crippen MR) is 147 cm³/mol. The van der Waals surface area contributed by atoms with Gasteiger partial charge in [0.1, 0.15) is 17.3 Å². The number of amides is 2. The number of halogens is 1. The Bertz CT molecular complexity index is 1450. The molecule has 1 N–H and O–H groups in total. The Kier molecular flexibility index (Phi) is 7.91. The Morgan fingerprint density at radius 2 is 1.85 bits per heavy atom. The SMILES string of the molecule is CCCCOc1ccc(C(=O)N/C(=C/c2cccc(F)c2)C(=O)N2CC3CC(C2)c2cccc(=O)n2C3)cc1. The molecule has 3 aromatic rings. The first-order valence-corrected chi connectivity index (χ1v) is 13.4. The molecule has 0 radical (unpaired) electrons. The molecule has 1 fully saturated rings. The number of pyridine rings is 1. The van der Waals surface area contributed by atoms with Crippen LogP contribution in [0.25, 0.3) is 6.08 Å². The maximum atomic E-state index is 13.9. The molecule has 2 atom stereocenters. The molecule has 1 saturated heterocycles. The molecule has 0 saturated carbocycles. The monoisotopic (exact) mass is 529 g/mol. The molecule has 0 aliphatic carbocycles. The second-order valence-corrected chi connectivity index (χ2v) is 10.2. The van der Waals surface area contributed by atoms with Crippen molar-refractivity contribution in [2.45, 2.75) is 38.6 Å². The number of likely N-dealkylation sites (tertiary alicyclic amines) is 1. The normalized spacial score (nSPS) is 18.3. The zero-order valence-corrected chi connectivity index (χ0v) is 21.9. The van der Waals surface area contributed by atoms with Crippen molar-refractivity contribution in [2.24, 2.45) is 5.92 Å². The van der Waals surface area contributed by atoms with Crippen LogP contribution in [-0.2, 0) is 11.3 Å². The predicted octanol–water partition coefficient (Wildman–Crippen LogP) is 4.58. The van der Waals surface area contributed by atoms with Gasteiger partial charge >= 0.3 is 0 Å². The van der Waals surface area contributed by atoms with Gasteiger partial charge in [-0.3, -0.25) is 14.4 Å². The lowest BCUT2D eigenvalue weighted by Crippen LogP contribution is -2.50. The van der Waals surface area contributed by atoms with Crippen LogP contribution >= 0.6 is 0 Å². The molecule has 39 heavy (non-hydrogen) atoms. The first kappa shape index (κ1) is 26.4. The van der Waals surface area contributed by atoms with E-state index in [1.807, 2.05) is 10.6 Å². The van der Waals surface area contributed by atoms with E-state index in [0.717, 1.165) is 25.0 Å². The summed E-state index contributed by atoms with van der Waals surface area (Å²) in [6, 6.07) is 17.9. The Hall–Kier alpha value is -4.20. The number of hydrogen-bond donors (Lipinski definition) is 1. The molecule has 5 rings (SSSR count). The fourth-order valence-corrected chi connectivity index (χ4v) is 5.38. The van der Waals surface area contributed by atoms with E-state index in [-0.39, 0.29) is 29.0 Å². The van der Waals surface area contributed by atoms with E-state index in [0.29, 0.717) is 43.1 Å². The summed E-state index contributed by atoms with van der Waals surface area (Å²) < 4.78 is 21.4. The Morgan fingerprint density at radius 3 is 2.62 bits per heavy atom. The summed E-state index contributed by atoms with van der Waals surface area (Å²) in [5.41, 5.74) is 1.81. The molecule has 2 aliphatic heterocycles. The number of carbonyl (C=O) groups is 2. The lowest BCUT2D eigenvalue weighted by atomic mass is 9.83. The summed E-state index contributed by atoms with van der Waals surface area (Å²) in [6.07, 6.45) is 4.38. The fourth-order valence-electron chi connectivity index (χ4n) is 5.38. The topological polar surface area (TPSA) is 80.6 Å². The lowest BCUT2D eigenvalue weighted by Gasteiger charge is -2.43. The molecule has 0 spiro atoms. The molecular weight excluding hydrogens is 497 g/mol. The van der Waals surface area contributed by atoms with Gasteiger partial charge in [0, 0.05) is 42.9 Å². The van der Waals surface area contributed by atoms with Crippen molar-refractivity contribution in [3.05, 3.63) is 105 Å². The summed E-state index contributed by atoms with van der Waals surface area (Å²) in [4.78, 5) is 41.1. The van der Waals surface area contributed by atoms with Crippen LogP contribution in [-0.4, -0.2) is 41.0 Å². The third kappa shape index (κ3) is 6.11. The zero-order valence-electron chi connectivity index (χ0n) is 21.9. The van der Waals surface area contributed by atoms with Gasteiger partial charge < -0.3 is 19.5 Å². The quantitative estimate of drug-likeness (QED) is 0.342. The molecule has 2 amide bonds. The molecule has 2 aromatic carbocycles. The molecule has 2 aliphatic rings. The number of nitrogens with one attached hydrogen (secondary N) is 1. The van der Waals surface area contributed by atoms with Crippen LogP contribution in [0.4, 0.5) is 4.39 Å². The number of fused-ring (bicyclic) bond motifs is 4. The molecule has 2 bridgehead atoms. The van der Waals surface area contributed by atoms with Gasteiger partial charge in [0.05, 0.1) is 6.61 Å². The number of unbranched alkanes of at least 4 members (excludes halogenated alkanes) is 1. The minimum atomic E-state index is -0.444. The highest BCUT2D eigenvalue weighted by atomic mass is 19.1. The van der Waals surface area contributed by atoms with Gasteiger partial charge in [0.15, 0.2) is 0 Å². The average molecular weight is 530 g/mol. The molecule has 8 heteroatoms. The smallest absolute Gasteiger partial charge is 0.270 e. The Labute approximate surface area is 226 Å². The van der Waals surface area contributed by atoms with E-state index in [4.69, 9.17) is 4.74 Å². The van der Waals surface area contributed by atoms with Gasteiger partial charge in [-0.05, 0) is 72.9 Å². The van der Waals surface area contributed by atoms with Crippen LogP contribution < -0.4 is 15.6 Å². The van der Waals surface area contributed by atoms with Crippen molar-refractivity contribution in [1.29, 1.82) is 0 Å².